The number of hydrogen-bond acceptors (Lipinski definition) is 4. The summed E-state index contributed by atoms with van der Waals surface area (Å²) in [6.07, 6.45) is 1.52. The monoisotopic (exact) mass is 295 g/mol. The molecule has 1 aromatic heterocycles. The lowest BCUT2D eigenvalue weighted by atomic mass is 10.1. The fourth-order valence-corrected chi connectivity index (χ4v) is 2.12. The highest BCUT2D eigenvalue weighted by atomic mass is 16.6. The molecule has 0 spiro atoms. The van der Waals surface area contributed by atoms with E-state index in [4.69, 9.17) is 9.15 Å². The third kappa shape index (κ3) is 2.98. The Hall–Kier alpha value is -3.08. The van der Waals surface area contributed by atoms with Crippen molar-refractivity contribution in [3.8, 4) is 17.1 Å². The van der Waals surface area contributed by atoms with E-state index in [0.717, 1.165) is 5.56 Å². The van der Waals surface area contributed by atoms with E-state index in [2.05, 4.69) is 0 Å². The van der Waals surface area contributed by atoms with Crippen LogP contribution in [0.15, 0.2) is 71.3 Å². The molecular weight excluding hydrogens is 282 g/mol. The smallest absolute Gasteiger partial charge is 0.270 e. The van der Waals surface area contributed by atoms with Crippen molar-refractivity contribution >= 4 is 5.69 Å². The van der Waals surface area contributed by atoms with Crippen LogP contribution >= 0.6 is 0 Å². The van der Waals surface area contributed by atoms with E-state index in [-0.39, 0.29) is 5.69 Å². The first-order valence-corrected chi connectivity index (χ1v) is 6.73. The number of furan rings is 1. The van der Waals surface area contributed by atoms with Crippen LogP contribution < -0.4 is 4.74 Å². The second-order valence-electron chi connectivity index (χ2n) is 4.69. The summed E-state index contributed by atoms with van der Waals surface area (Å²) in [6, 6.07) is 17.7. The second kappa shape index (κ2) is 6.13. The first kappa shape index (κ1) is 13.9. The number of nitro groups is 1. The number of nitrogens with zero attached hydrogens (tertiary/aromatic N) is 1. The van der Waals surface area contributed by atoms with Crippen LogP contribution in [0.4, 0.5) is 5.69 Å². The van der Waals surface area contributed by atoms with Crippen molar-refractivity contribution in [1.82, 2.24) is 0 Å². The van der Waals surface area contributed by atoms with Crippen LogP contribution in [0.1, 0.15) is 5.56 Å². The van der Waals surface area contributed by atoms with Crippen molar-refractivity contribution < 1.29 is 14.1 Å². The fraction of sp³-hybridized carbons (Fsp3) is 0.0588. The van der Waals surface area contributed by atoms with Crippen LogP contribution in [0.2, 0.25) is 0 Å². The molecule has 3 aromatic rings. The highest BCUT2D eigenvalue weighted by Gasteiger charge is 2.15. The summed E-state index contributed by atoms with van der Waals surface area (Å²) in [7, 11) is 0. The SMILES string of the molecule is O=[N+]([O-])c1ccc(OCc2ccccc2)c(-c2ccco2)c1. The number of hydrogen-bond donors (Lipinski definition) is 0. The van der Waals surface area contributed by atoms with Crippen molar-refractivity contribution in [3.63, 3.8) is 0 Å². The average Bonchev–Trinajstić information content (AvgIpc) is 3.08. The maximum Gasteiger partial charge on any atom is 0.270 e. The van der Waals surface area contributed by atoms with E-state index in [0.29, 0.717) is 23.7 Å². The molecule has 0 aliphatic carbocycles. The normalized spacial score (nSPS) is 10.4. The zero-order chi connectivity index (χ0) is 15.4. The summed E-state index contributed by atoms with van der Waals surface area (Å²) in [5, 5.41) is 10.9. The van der Waals surface area contributed by atoms with Crippen molar-refractivity contribution in [1.29, 1.82) is 0 Å². The van der Waals surface area contributed by atoms with Crippen LogP contribution in [0.5, 0.6) is 5.75 Å². The van der Waals surface area contributed by atoms with Crippen LogP contribution in [0.25, 0.3) is 11.3 Å². The molecule has 5 heteroatoms. The first-order valence-electron chi connectivity index (χ1n) is 6.73. The highest BCUT2D eigenvalue weighted by Crippen LogP contribution is 2.34. The Morgan fingerprint density at radius 2 is 1.86 bits per heavy atom. The van der Waals surface area contributed by atoms with E-state index >= 15 is 0 Å². The predicted octanol–water partition coefficient (Wildman–Crippen LogP) is 4.43. The van der Waals surface area contributed by atoms with Gasteiger partial charge in [0, 0.05) is 12.1 Å². The molecule has 0 aliphatic rings. The summed E-state index contributed by atoms with van der Waals surface area (Å²) in [6.45, 7) is 0.381. The van der Waals surface area contributed by atoms with E-state index < -0.39 is 4.92 Å². The standard InChI is InChI=1S/C17H13NO4/c19-18(20)14-8-9-17(15(11-14)16-7-4-10-21-16)22-12-13-5-2-1-3-6-13/h1-11H,12H2. The zero-order valence-corrected chi connectivity index (χ0v) is 11.6. The Labute approximate surface area is 126 Å². The molecule has 2 aromatic carbocycles. The zero-order valence-electron chi connectivity index (χ0n) is 11.6. The summed E-state index contributed by atoms with van der Waals surface area (Å²) >= 11 is 0. The van der Waals surface area contributed by atoms with Crippen molar-refractivity contribution in [3.05, 3.63) is 82.6 Å². The van der Waals surface area contributed by atoms with Crippen molar-refractivity contribution in [2.45, 2.75) is 6.61 Å². The van der Waals surface area contributed by atoms with Gasteiger partial charge < -0.3 is 9.15 Å². The lowest BCUT2D eigenvalue weighted by Gasteiger charge is -2.10. The molecule has 0 bridgehead atoms. The van der Waals surface area contributed by atoms with E-state index in [9.17, 15) is 10.1 Å². The minimum atomic E-state index is -0.437. The number of rotatable bonds is 5. The van der Waals surface area contributed by atoms with Crippen LogP contribution in [0, 0.1) is 10.1 Å². The minimum absolute atomic E-state index is 0.00142. The molecule has 0 atom stereocenters. The molecule has 0 fully saturated rings. The van der Waals surface area contributed by atoms with Gasteiger partial charge in [0.05, 0.1) is 16.7 Å². The molecule has 5 nitrogen and oxygen atoms in total. The molecule has 0 saturated heterocycles. The van der Waals surface area contributed by atoms with E-state index in [1.165, 1.54) is 18.4 Å². The van der Waals surface area contributed by atoms with Crippen LogP contribution in [-0.2, 0) is 6.61 Å². The Balaban J connectivity index is 1.91. The van der Waals surface area contributed by atoms with Gasteiger partial charge in [-0.25, -0.2) is 0 Å². The molecule has 0 N–H and O–H groups in total. The largest absolute Gasteiger partial charge is 0.488 e. The number of ether oxygens (including phenoxy) is 1. The Morgan fingerprint density at radius 3 is 2.55 bits per heavy atom. The van der Waals surface area contributed by atoms with Gasteiger partial charge in [-0.05, 0) is 23.8 Å². The Bertz CT molecular complexity index is 767. The van der Waals surface area contributed by atoms with E-state index in [1.54, 1.807) is 18.2 Å². The van der Waals surface area contributed by atoms with Gasteiger partial charge in [0.1, 0.15) is 18.1 Å². The van der Waals surface area contributed by atoms with Gasteiger partial charge in [0.15, 0.2) is 0 Å². The predicted molar refractivity (Wildman–Crippen MR) is 81.6 cm³/mol. The molecule has 110 valence electrons. The molecule has 0 aliphatic heterocycles. The van der Waals surface area contributed by atoms with Gasteiger partial charge in [-0.15, -0.1) is 0 Å². The third-order valence-electron chi connectivity index (χ3n) is 3.20. The maximum atomic E-state index is 10.9. The Kier molecular flexibility index (Phi) is 3.87. The summed E-state index contributed by atoms with van der Waals surface area (Å²) in [5.74, 6) is 1.08. The molecule has 0 amide bonds. The number of benzene rings is 2. The second-order valence-corrected chi connectivity index (χ2v) is 4.69. The van der Waals surface area contributed by atoms with Gasteiger partial charge in [0.2, 0.25) is 0 Å². The minimum Gasteiger partial charge on any atom is -0.488 e. The van der Waals surface area contributed by atoms with Gasteiger partial charge >= 0.3 is 0 Å². The highest BCUT2D eigenvalue weighted by molar-refractivity contribution is 5.68. The molecule has 0 radical (unpaired) electrons. The maximum absolute atomic E-state index is 10.9. The molecule has 0 saturated carbocycles. The summed E-state index contributed by atoms with van der Waals surface area (Å²) in [4.78, 5) is 10.5. The Morgan fingerprint density at radius 1 is 1.05 bits per heavy atom. The summed E-state index contributed by atoms with van der Waals surface area (Å²) < 4.78 is 11.1. The van der Waals surface area contributed by atoms with Crippen LogP contribution in [-0.4, -0.2) is 4.92 Å². The summed E-state index contributed by atoms with van der Waals surface area (Å²) in [5.41, 5.74) is 1.58. The van der Waals surface area contributed by atoms with Crippen molar-refractivity contribution in [2.75, 3.05) is 0 Å². The number of nitro benzene ring substituents is 1. The molecule has 3 rings (SSSR count). The van der Waals surface area contributed by atoms with Crippen LogP contribution in [0.3, 0.4) is 0 Å². The lowest BCUT2D eigenvalue weighted by Crippen LogP contribution is -1.97. The van der Waals surface area contributed by atoms with Gasteiger partial charge in [0.25, 0.3) is 5.69 Å². The van der Waals surface area contributed by atoms with Gasteiger partial charge in [-0.2, -0.15) is 0 Å². The average molecular weight is 295 g/mol. The van der Waals surface area contributed by atoms with Gasteiger partial charge in [-0.3, -0.25) is 10.1 Å². The van der Waals surface area contributed by atoms with Gasteiger partial charge in [-0.1, -0.05) is 30.3 Å². The lowest BCUT2D eigenvalue weighted by molar-refractivity contribution is -0.384. The quantitative estimate of drug-likeness (QED) is 0.515. The molecule has 22 heavy (non-hydrogen) atoms. The molecule has 0 unspecified atom stereocenters. The van der Waals surface area contributed by atoms with E-state index in [1.807, 2.05) is 30.3 Å². The third-order valence-corrected chi connectivity index (χ3v) is 3.20. The first-order chi connectivity index (χ1) is 10.7. The van der Waals surface area contributed by atoms with Crippen molar-refractivity contribution in [2.24, 2.45) is 0 Å². The fourth-order valence-electron chi connectivity index (χ4n) is 2.12. The number of non-ortho nitro benzene ring substituents is 1. The molecule has 1 heterocycles. The molecular formula is C17H13NO4. The topological polar surface area (TPSA) is 65.5 Å².